The maximum absolute atomic E-state index is 13.8. The van der Waals surface area contributed by atoms with Crippen LogP contribution in [-0.2, 0) is 0 Å². The number of benzene rings is 5. The molecule has 0 aromatic heterocycles. The van der Waals surface area contributed by atoms with Crippen molar-refractivity contribution in [1.29, 1.82) is 0 Å². The number of rotatable bonds is 6. The SMILES string of the molecule is CC(C)c1cc2c3c(cc(C(C)C)c4c5cccc6cccc(c1c34)c65)C(=O)N(CCCN=O)C2=O. The van der Waals surface area contributed by atoms with Crippen LogP contribution < -0.4 is 0 Å². The molecule has 0 bridgehead atoms. The van der Waals surface area contributed by atoms with Gasteiger partial charge in [0.2, 0.25) is 0 Å². The second-order valence-corrected chi connectivity index (χ2v) is 10.5. The number of amides is 2. The standard InChI is InChI=1S/C31H28N2O3/c1-16(2)21-14-23-28-24(31(35)33(30(23)34)13-7-12-32-36)15-22(17(3)4)27-20-11-6-9-18-8-5-10-19(25(18)20)26(21)29(27)28/h5-6,8-11,14-17H,7,12-13H2,1-4H3. The molecule has 1 aliphatic heterocycles. The summed E-state index contributed by atoms with van der Waals surface area (Å²) in [7, 11) is 0. The van der Waals surface area contributed by atoms with Crippen molar-refractivity contribution < 1.29 is 9.59 Å². The van der Waals surface area contributed by atoms with Crippen LogP contribution in [0.25, 0.3) is 43.1 Å². The van der Waals surface area contributed by atoms with Crippen LogP contribution in [0.5, 0.6) is 0 Å². The van der Waals surface area contributed by atoms with E-state index in [1.807, 2.05) is 12.1 Å². The molecule has 6 rings (SSSR count). The number of hydrogen-bond donors (Lipinski definition) is 0. The Bertz CT molecular complexity index is 1620. The van der Waals surface area contributed by atoms with E-state index in [1.54, 1.807) is 0 Å². The molecule has 0 atom stereocenters. The fourth-order valence-electron chi connectivity index (χ4n) is 6.14. The van der Waals surface area contributed by atoms with Gasteiger partial charge in [-0.05, 0) is 79.2 Å². The third-order valence-corrected chi connectivity index (χ3v) is 7.74. The summed E-state index contributed by atoms with van der Waals surface area (Å²) in [5.74, 6) is -0.212. The average Bonchev–Trinajstić information content (AvgIpc) is 2.87. The molecule has 180 valence electrons. The van der Waals surface area contributed by atoms with Crippen LogP contribution in [0, 0.1) is 4.91 Å². The quantitative estimate of drug-likeness (QED) is 0.0828. The van der Waals surface area contributed by atoms with Gasteiger partial charge in [-0.25, -0.2) is 0 Å². The van der Waals surface area contributed by atoms with Gasteiger partial charge < -0.3 is 0 Å². The second-order valence-electron chi connectivity index (χ2n) is 10.5. The average molecular weight is 477 g/mol. The molecule has 0 N–H and O–H groups in total. The van der Waals surface area contributed by atoms with E-state index in [1.165, 1.54) is 15.7 Å². The third kappa shape index (κ3) is 2.95. The normalized spacial score (nSPS) is 14.0. The van der Waals surface area contributed by atoms with Gasteiger partial charge in [0.25, 0.3) is 11.8 Å². The lowest BCUT2D eigenvalue weighted by atomic mass is 9.78. The molecule has 1 heterocycles. The second kappa shape index (κ2) is 8.09. The fourth-order valence-corrected chi connectivity index (χ4v) is 6.14. The number of carbonyl (C=O) groups is 2. The molecule has 0 saturated heterocycles. The van der Waals surface area contributed by atoms with Gasteiger partial charge in [0.05, 0.1) is 6.54 Å². The van der Waals surface area contributed by atoms with Crippen LogP contribution in [0.4, 0.5) is 0 Å². The van der Waals surface area contributed by atoms with E-state index >= 15 is 0 Å². The van der Waals surface area contributed by atoms with Gasteiger partial charge in [0.15, 0.2) is 0 Å². The van der Waals surface area contributed by atoms with Crippen LogP contribution in [0.2, 0.25) is 0 Å². The fraction of sp³-hybridized carbons (Fsp3) is 0.290. The van der Waals surface area contributed by atoms with E-state index in [-0.39, 0.29) is 36.7 Å². The molecule has 1 aliphatic rings. The highest BCUT2D eigenvalue weighted by Crippen LogP contribution is 2.48. The van der Waals surface area contributed by atoms with Gasteiger partial charge in [-0.3, -0.25) is 14.5 Å². The van der Waals surface area contributed by atoms with Crippen LogP contribution in [0.15, 0.2) is 53.7 Å². The van der Waals surface area contributed by atoms with E-state index in [4.69, 9.17) is 0 Å². The molecule has 0 unspecified atom stereocenters. The molecule has 0 spiro atoms. The topological polar surface area (TPSA) is 66.8 Å². The Morgan fingerprint density at radius 3 is 1.72 bits per heavy atom. The first-order valence-electron chi connectivity index (χ1n) is 12.7. The first kappa shape index (κ1) is 22.6. The van der Waals surface area contributed by atoms with Crippen molar-refractivity contribution >= 4 is 54.9 Å². The predicted octanol–water partition coefficient (Wildman–Crippen LogP) is 7.74. The summed E-state index contributed by atoms with van der Waals surface area (Å²) in [5, 5.41) is 11.7. The Hall–Kier alpha value is -3.86. The molecule has 0 saturated carbocycles. The number of fused-ring (bicyclic) bond motifs is 2. The lowest BCUT2D eigenvalue weighted by Gasteiger charge is -2.31. The van der Waals surface area contributed by atoms with Crippen molar-refractivity contribution in [2.24, 2.45) is 5.18 Å². The summed E-state index contributed by atoms with van der Waals surface area (Å²) >= 11 is 0. The van der Waals surface area contributed by atoms with Gasteiger partial charge in [0, 0.05) is 23.1 Å². The molecule has 2 amide bonds. The van der Waals surface area contributed by atoms with Gasteiger partial charge in [-0.2, -0.15) is 4.91 Å². The highest BCUT2D eigenvalue weighted by Gasteiger charge is 2.36. The first-order chi connectivity index (χ1) is 17.3. The molecule has 0 aliphatic carbocycles. The minimum Gasteiger partial charge on any atom is -0.274 e. The van der Waals surface area contributed by atoms with E-state index in [0.29, 0.717) is 17.5 Å². The summed E-state index contributed by atoms with van der Waals surface area (Å²) in [6.45, 7) is 8.89. The summed E-state index contributed by atoms with van der Waals surface area (Å²) in [4.78, 5) is 39.5. The lowest BCUT2D eigenvalue weighted by molar-refractivity contribution is 0.0610. The number of imide groups is 1. The van der Waals surface area contributed by atoms with E-state index < -0.39 is 0 Å². The number of nitroso groups, excluding NO2 is 1. The van der Waals surface area contributed by atoms with Crippen molar-refractivity contribution in [3.05, 3.63) is 75.7 Å². The lowest BCUT2D eigenvalue weighted by Crippen LogP contribution is -2.41. The van der Waals surface area contributed by atoms with Gasteiger partial charge in [0.1, 0.15) is 0 Å². The van der Waals surface area contributed by atoms with Crippen LogP contribution >= 0.6 is 0 Å². The Morgan fingerprint density at radius 1 is 0.722 bits per heavy atom. The molecule has 5 aromatic carbocycles. The van der Waals surface area contributed by atoms with Crippen molar-refractivity contribution in [2.45, 2.75) is 46.0 Å². The van der Waals surface area contributed by atoms with Crippen molar-refractivity contribution in [3.63, 3.8) is 0 Å². The zero-order chi connectivity index (χ0) is 25.3. The summed E-state index contributed by atoms with van der Waals surface area (Å²) in [6.07, 6.45) is 0.360. The van der Waals surface area contributed by atoms with Gasteiger partial charge in [-0.15, -0.1) is 0 Å². The number of hydrogen-bond acceptors (Lipinski definition) is 4. The van der Waals surface area contributed by atoms with Crippen LogP contribution in [0.3, 0.4) is 0 Å². The Kier molecular flexibility index (Phi) is 5.08. The largest absolute Gasteiger partial charge is 0.274 e. The Labute approximate surface area is 209 Å². The molecular weight excluding hydrogens is 448 g/mol. The molecule has 5 nitrogen and oxygen atoms in total. The monoisotopic (exact) mass is 476 g/mol. The van der Waals surface area contributed by atoms with Crippen molar-refractivity contribution in [3.8, 4) is 0 Å². The molecule has 0 fully saturated rings. The first-order valence-corrected chi connectivity index (χ1v) is 12.7. The molecular formula is C31H28N2O3. The Morgan fingerprint density at radius 2 is 1.25 bits per heavy atom. The van der Waals surface area contributed by atoms with E-state index in [0.717, 1.165) is 43.4 Å². The zero-order valence-corrected chi connectivity index (χ0v) is 21.0. The Balaban J connectivity index is 1.86. The van der Waals surface area contributed by atoms with Crippen molar-refractivity contribution in [1.82, 2.24) is 4.90 Å². The summed E-state index contributed by atoms with van der Waals surface area (Å²) in [5.41, 5.74) is 3.39. The molecule has 36 heavy (non-hydrogen) atoms. The third-order valence-electron chi connectivity index (χ3n) is 7.74. The van der Waals surface area contributed by atoms with Crippen LogP contribution in [-0.4, -0.2) is 29.8 Å². The summed E-state index contributed by atoms with van der Waals surface area (Å²) in [6, 6.07) is 16.9. The number of carbonyl (C=O) groups excluding carboxylic acids is 2. The molecule has 5 heteroatoms. The van der Waals surface area contributed by atoms with Crippen LogP contribution in [0.1, 0.15) is 77.8 Å². The smallest absolute Gasteiger partial charge is 0.261 e. The van der Waals surface area contributed by atoms with Crippen molar-refractivity contribution in [2.75, 3.05) is 13.1 Å². The maximum Gasteiger partial charge on any atom is 0.261 e. The molecule has 0 radical (unpaired) electrons. The minimum atomic E-state index is -0.285. The maximum atomic E-state index is 13.8. The van der Waals surface area contributed by atoms with Gasteiger partial charge >= 0.3 is 0 Å². The highest BCUT2D eigenvalue weighted by atomic mass is 16.3. The number of nitrogens with zero attached hydrogens (tertiary/aromatic N) is 2. The summed E-state index contributed by atoms with van der Waals surface area (Å²) < 4.78 is 0. The molecule has 5 aromatic rings. The predicted molar refractivity (Wildman–Crippen MR) is 146 cm³/mol. The minimum absolute atomic E-state index is 0.0759. The highest BCUT2D eigenvalue weighted by molar-refractivity contribution is 6.39. The van der Waals surface area contributed by atoms with Gasteiger partial charge in [-0.1, -0.05) is 69.3 Å². The zero-order valence-electron chi connectivity index (χ0n) is 21.0. The van der Waals surface area contributed by atoms with E-state index in [2.05, 4.69) is 69.3 Å². The van der Waals surface area contributed by atoms with E-state index in [9.17, 15) is 14.5 Å².